The molecule has 1 amide bonds. The van der Waals surface area contributed by atoms with Crippen molar-refractivity contribution in [1.29, 1.82) is 0 Å². The minimum Gasteiger partial charge on any atom is -0.493 e. The molecule has 126 valence electrons. The van der Waals surface area contributed by atoms with Gasteiger partial charge in [0.15, 0.2) is 16.6 Å². The van der Waals surface area contributed by atoms with Crippen molar-refractivity contribution < 1.29 is 24.2 Å². The van der Waals surface area contributed by atoms with Crippen molar-refractivity contribution in [3.63, 3.8) is 0 Å². The van der Waals surface area contributed by atoms with Crippen molar-refractivity contribution in [3.8, 4) is 22.8 Å². The van der Waals surface area contributed by atoms with Crippen LogP contribution in [0.5, 0.6) is 11.5 Å². The van der Waals surface area contributed by atoms with Gasteiger partial charge in [0.1, 0.15) is 0 Å². The first-order chi connectivity index (χ1) is 11.4. The number of carbonyl (C=O) groups is 2. The molecule has 0 saturated heterocycles. The van der Waals surface area contributed by atoms with Crippen molar-refractivity contribution in [2.45, 2.75) is 6.92 Å². The molecule has 7 nitrogen and oxygen atoms in total. The van der Waals surface area contributed by atoms with E-state index in [-0.39, 0.29) is 5.57 Å². The zero-order valence-electron chi connectivity index (χ0n) is 13.3. The summed E-state index contributed by atoms with van der Waals surface area (Å²) in [6.07, 6.45) is 0.845. The van der Waals surface area contributed by atoms with E-state index < -0.39 is 11.9 Å². The highest BCUT2D eigenvalue weighted by Gasteiger charge is 2.12. The monoisotopic (exact) mass is 348 g/mol. The maximum atomic E-state index is 11.9. The summed E-state index contributed by atoms with van der Waals surface area (Å²) in [5.74, 6) is -0.494. The smallest absolute Gasteiger partial charge is 0.328 e. The third kappa shape index (κ3) is 4.11. The van der Waals surface area contributed by atoms with Crippen molar-refractivity contribution in [2.75, 3.05) is 19.5 Å². The Bertz CT molecular complexity index is 798. The van der Waals surface area contributed by atoms with E-state index in [1.54, 1.807) is 31.7 Å². The normalized spacial score (nSPS) is 11.0. The van der Waals surface area contributed by atoms with Crippen molar-refractivity contribution in [1.82, 2.24) is 4.98 Å². The van der Waals surface area contributed by atoms with Gasteiger partial charge in [-0.05, 0) is 25.1 Å². The predicted molar refractivity (Wildman–Crippen MR) is 90.7 cm³/mol. The molecule has 24 heavy (non-hydrogen) atoms. The number of carbonyl (C=O) groups excluding carboxylic acids is 1. The maximum absolute atomic E-state index is 11.9. The summed E-state index contributed by atoms with van der Waals surface area (Å²) in [5.41, 5.74) is 1.56. The summed E-state index contributed by atoms with van der Waals surface area (Å²) >= 11 is 1.24. The van der Waals surface area contributed by atoms with Crippen LogP contribution in [-0.2, 0) is 9.59 Å². The number of hydrogen-bond donors (Lipinski definition) is 2. The topological polar surface area (TPSA) is 97.8 Å². The number of benzene rings is 1. The van der Waals surface area contributed by atoms with Gasteiger partial charge in [0.05, 0.1) is 19.9 Å². The highest BCUT2D eigenvalue weighted by atomic mass is 32.1. The molecule has 0 fully saturated rings. The van der Waals surface area contributed by atoms with Crippen LogP contribution in [0.2, 0.25) is 0 Å². The van der Waals surface area contributed by atoms with Gasteiger partial charge >= 0.3 is 5.97 Å². The first-order valence-corrected chi connectivity index (χ1v) is 7.73. The highest BCUT2D eigenvalue weighted by molar-refractivity contribution is 7.14. The predicted octanol–water partition coefficient (Wildman–Crippen LogP) is 2.80. The number of carboxylic acid groups (broad SMARTS) is 1. The van der Waals surface area contributed by atoms with Crippen molar-refractivity contribution in [3.05, 3.63) is 35.2 Å². The van der Waals surface area contributed by atoms with E-state index in [1.165, 1.54) is 18.3 Å². The number of carboxylic acids is 1. The summed E-state index contributed by atoms with van der Waals surface area (Å²) < 4.78 is 10.4. The number of rotatable bonds is 6. The Morgan fingerprint density at radius 3 is 2.58 bits per heavy atom. The Labute approximate surface area is 142 Å². The lowest BCUT2D eigenvalue weighted by atomic mass is 10.1. The number of thiazole rings is 1. The van der Waals surface area contributed by atoms with Crippen LogP contribution in [0.4, 0.5) is 5.13 Å². The molecule has 0 aliphatic rings. The van der Waals surface area contributed by atoms with E-state index in [1.807, 2.05) is 6.07 Å². The highest BCUT2D eigenvalue weighted by Crippen LogP contribution is 2.33. The fraction of sp³-hybridized carbons (Fsp3) is 0.188. The van der Waals surface area contributed by atoms with Crippen molar-refractivity contribution >= 4 is 28.3 Å². The summed E-state index contributed by atoms with van der Waals surface area (Å²) in [5, 5.41) is 13.4. The van der Waals surface area contributed by atoms with Gasteiger partial charge in [-0.2, -0.15) is 0 Å². The molecule has 0 saturated carbocycles. The second kappa shape index (κ2) is 7.60. The Morgan fingerprint density at radius 1 is 1.25 bits per heavy atom. The number of anilines is 1. The second-order valence-corrected chi connectivity index (χ2v) is 5.59. The third-order valence-corrected chi connectivity index (χ3v) is 3.86. The Morgan fingerprint density at radius 2 is 1.96 bits per heavy atom. The number of hydrogen-bond acceptors (Lipinski definition) is 6. The van der Waals surface area contributed by atoms with Gasteiger partial charge in [-0.25, -0.2) is 9.78 Å². The van der Waals surface area contributed by atoms with E-state index in [0.29, 0.717) is 22.3 Å². The number of aliphatic carboxylic acids is 1. The molecule has 2 aromatic rings. The first kappa shape index (κ1) is 17.5. The maximum Gasteiger partial charge on any atom is 0.328 e. The Hall–Kier alpha value is -2.87. The molecule has 8 heteroatoms. The molecule has 0 aliphatic carbocycles. The van der Waals surface area contributed by atoms with E-state index in [0.717, 1.165) is 11.6 Å². The number of nitrogens with zero attached hydrogens (tertiary/aromatic N) is 1. The number of aromatic nitrogens is 1. The molecule has 0 aliphatic heterocycles. The van der Waals surface area contributed by atoms with Crippen LogP contribution in [0.1, 0.15) is 6.92 Å². The van der Waals surface area contributed by atoms with Crippen LogP contribution in [0.3, 0.4) is 0 Å². The van der Waals surface area contributed by atoms with Gasteiger partial charge in [-0.1, -0.05) is 0 Å². The van der Waals surface area contributed by atoms with Crippen LogP contribution in [0, 0.1) is 0 Å². The van der Waals surface area contributed by atoms with Crippen LogP contribution >= 0.6 is 11.3 Å². The van der Waals surface area contributed by atoms with E-state index in [2.05, 4.69) is 10.3 Å². The zero-order valence-corrected chi connectivity index (χ0v) is 14.1. The summed E-state index contributed by atoms with van der Waals surface area (Å²) in [6, 6.07) is 5.39. The van der Waals surface area contributed by atoms with Crippen molar-refractivity contribution in [2.24, 2.45) is 0 Å². The molecular formula is C16H16N2O5S. The first-order valence-electron chi connectivity index (χ1n) is 6.85. The lowest BCUT2D eigenvalue weighted by molar-refractivity contribution is -0.131. The Kier molecular flexibility index (Phi) is 5.54. The minimum atomic E-state index is -1.17. The van der Waals surface area contributed by atoms with Crippen LogP contribution in [0.25, 0.3) is 11.3 Å². The average Bonchev–Trinajstić information content (AvgIpc) is 3.01. The third-order valence-electron chi connectivity index (χ3n) is 3.10. The fourth-order valence-corrected chi connectivity index (χ4v) is 2.62. The standard InChI is InChI=1S/C16H16N2O5S/c1-9(6-14(19)20)15(21)18-16-17-11(8-24-16)10-4-5-12(22-2)13(7-10)23-3/h4-8H,1-3H3,(H,19,20)(H,17,18,21)/b9-6-. The number of methoxy groups -OCH3 is 2. The average molecular weight is 348 g/mol. The fourth-order valence-electron chi connectivity index (χ4n) is 1.91. The second-order valence-electron chi connectivity index (χ2n) is 4.73. The summed E-state index contributed by atoms with van der Waals surface area (Å²) in [6.45, 7) is 1.42. The molecule has 0 bridgehead atoms. The lowest BCUT2D eigenvalue weighted by Gasteiger charge is -2.08. The van der Waals surface area contributed by atoms with Gasteiger partial charge < -0.3 is 14.6 Å². The zero-order chi connectivity index (χ0) is 17.7. The molecule has 0 atom stereocenters. The van der Waals surface area contributed by atoms with Gasteiger partial charge in [0.2, 0.25) is 0 Å². The van der Waals surface area contributed by atoms with Crippen LogP contribution in [0.15, 0.2) is 35.2 Å². The number of amides is 1. The lowest BCUT2D eigenvalue weighted by Crippen LogP contribution is -2.13. The molecule has 1 aromatic heterocycles. The van der Waals surface area contributed by atoms with Gasteiger partial charge in [0, 0.05) is 22.6 Å². The quantitative estimate of drug-likeness (QED) is 0.779. The molecular weight excluding hydrogens is 332 g/mol. The van der Waals surface area contributed by atoms with Crippen LogP contribution < -0.4 is 14.8 Å². The molecule has 0 radical (unpaired) electrons. The molecule has 1 heterocycles. The molecule has 1 aromatic carbocycles. The number of ether oxygens (including phenoxy) is 2. The molecule has 2 N–H and O–H groups in total. The largest absolute Gasteiger partial charge is 0.493 e. The molecule has 0 unspecified atom stereocenters. The Balaban J connectivity index is 2.19. The van der Waals surface area contributed by atoms with E-state index >= 15 is 0 Å². The number of nitrogens with one attached hydrogen (secondary N) is 1. The SMILES string of the molecule is COc1ccc(-c2csc(NC(=O)/C(C)=C\C(=O)O)n2)cc1OC. The van der Waals surface area contributed by atoms with Crippen LogP contribution in [-0.4, -0.2) is 36.2 Å². The minimum absolute atomic E-state index is 0.0883. The molecule has 0 spiro atoms. The van der Waals surface area contributed by atoms with Gasteiger partial charge in [-0.3, -0.25) is 10.1 Å². The molecule has 2 rings (SSSR count). The van der Waals surface area contributed by atoms with Gasteiger partial charge in [0.25, 0.3) is 5.91 Å². The summed E-state index contributed by atoms with van der Waals surface area (Å²) in [7, 11) is 3.10. The van der Waals surface area contributed by atoms with E-state index in [4.69, 9.17) is 14.6 Å². The van der Waals surface area contributed by atoms with E-state index in [9.17, 15) is 9.59 Å². The summed E-state index contributed by atoms with van der Waals surface area (Å²) in [4.78, 5) is 26.8. The van der Waals surface area contributed by atoms with Gasteiger partial charge in [-0.15, -0.1) is 11.3 Å².